The molecule has 0 aliphatic heterocycles. The Balaban J connectivity index is 1.93. The maximum absolute atomic E-state index is 12.0. The van der Waals surface area contributed by atoms with Crippen LogP contribution < -0.4 is 5.32 Å². The van der Waals surface area contributed by atoms with E-state index in [-0.39, 0.29) is 23.0 Å². The van der Waals surface area contributed by atoms with Gasteiger partial charge >= 0.3 is 0 Å². The number of carbonyl (C=O) groups excluding carboxylic acids is 1. The lowest BCUT2D eigenvalue weighted by atomic mass is 10.4. The molecule has 106 valence electrons. The maximum Gasteiger partial charge on any atom is 0.227 e. The van der Waals surface area contributed by atoms with Crippen molar-refractivity contribution in [2.75, 3.05) is 11.1 Å². The topological polar surface area (TPSA) is 76.1 Å². The summed E-state index contributed by atoms with van der Waals surface area (Å²) in [6, 6.07) is 8.11. The van der Waals surface area contributed by atoms with Crippen LogP contribution in [0.25, 0.3) is 0 Å². The summed E-state index contributed by atoms with van der Waals surface area (Å²) in [6.45, 7) is 1.83. The number of nitrogens with zero attached hydrogens (tertiary/aromatic N) is 1. The predicted molar refractivity (Wildman–Crippen MR) is 78.6 cm³/mol. The van der Waals surface area contributed by atoms with Gasteiger partial charge in [0, 0.05) is 11.8 Å². The number of sulfone groups is 1. The number of aryl methyl sites for hydroxylation is 1. The third-order valence-corrected chi connectivity index (χ3v) is 5.17. The van der Waals surface area contributed by atoms with E-state index in [1.54, 1.807) is 18.2 Å². The van der Waals surface area contributed by atoms with Gasteiger partial charge in [0.25, 0.3) is 0 Å². The van der Waals surface area contributed by atoms with Gasteiger partial charge in [0.2, 0.25) is 5.91 Å². The van der Waals surface area contributed by atoms with Gasteiger partial charge in [-0.25, -0.2) is 13.4 Å². The van der Waals surface area contributed by atoms with E-state index in [1.165, 1.54) is 23.5 Å². The molecular weight excluding hydrogens is 296 g/mol. The van der Waals surface area contributed by atoms with Crippen molar-refractivity contribution in [2.45, 2.75) is 18.2 Å². The summed E-state index contributed by atoms with van der Waals surface area (Å²) < 4.78 is 24.0. The number of hydrogen-bond donors (Lipinski definition) is 1. The fourth-order valence-electron chi connectivity index (χ4n) is 1.57. The average Bonchev–Trinajstić information content (AvgIpc) is 2.83. The molecule has 0 aliphatic rings. The number of nitrogens with one attached hydrogen (secondary N) is 1. The molecule has 0 radical (unpaired) electrons. The Morgan fingerprint density at radius 2 is 2.00 bits per heavy atom. The molecule has 0 spiro atoms. The Bertz CT molecular complexity index is 693. The fourth-order valence-corrected chi connectivity index (χ4v) is 3.53. The molecule has 0 saturated heterocycles. The number of rotatable bonds is 5. The summed E-state index contributed by atoms with van der Waals surface area (Å²) in [7, 11) is -3.42. The fraction of sp³-hybridized carbons (Fsp3) is 0.231. The van der Waals surface area contributed by atoms with Gasteiger partial charge in [-0.3, -0.25) is 4.79 Å². The van der Waals surface area contributed by atoms with Gasteiger partial charge in [-0.05, 0) is 19.1 Å². The predicted octanol–water partition coefficient (Wildman–Crippen LogP) is 2.25. The van der Waals surface area contributed by atoms with Gasteiger partial charge in [0.15, 0.2) is 15.0 Å². The zero-order chi connectivity index (χ0) is 14.6. The van der Waals surface area contributed by atoms with Crippen LogP contribution in [-0.2, 0) is 14.6 Å². The van der Waals surface area contributed by atoms with Gasteiger partial charge < -0.3 is 5.32 Å². The molecule has 0 aliphatic carbocycles. The molecule has 1 N–H and O–H groups in total. The second-order valence-corrected chi connectivity index (χ2v) is 7.19. The Morgan fingerprint density at radius 3 is 2.60 bits per heavy atom. The third kappa shape index (κ3) is 3.88. The molecule has 20 heavy (non-hydrogen) atoms. The van der Waals surface area contributed by atoms with Crippen molar-refractivity contribution in [3.05, 3.63) is 41.4 Å². The Hall–Kier alpha value is -1.73. The van der Waals surface area contributed by atoms with Crippen molar-refractivity contribution in [3.63, 3.8) is 0 Å². The lowest BCUT2D eigenvalue weighted by Crippen LogP contribution is -2.17. The Kier molecular flexibility index (Phi) is 4.51. The van der Waals surface area contributed by atoms with Gasteiger partial charge in [0.1, 0.15) is 0 Å². The molecule has 1 heterocycles. The largest absolute Gasteiger partial charge is 0.302 e. The summed E-state index contributed by atoms with van der Waals surface area (Å²) >= 11 is 1.32. The van der Waals surface area contributed by atoms with Crippen LogP contribution in [-0.4, -0.2) is 25.1 Å². The van der Waals surface area contributed by atoms with Gasteiger partial charge in [0.05, 0.1) is 16.3 Å². The molecule has 0 unspecified atom stereocenters. The molecule has 0 fully saturated rings. The number of benzene rings is 1. The van der Waals surface area contributed by atoms with Crippen LogP contribution in [0.1, 0.15) is 12.1 Å². The third-order valence-electron chi connectivity index (χ3n) is 2.57. The van der Waals surface area contributed by atoms with Crippen LogP contribution in [0.4, 0.5) is 5.13 Å². The molecule has 0 bridgehead atoms. The molecular formula is C13H14N2O3S2. The van der Waals surface area contributed by atoms with Crippen molar-refractivity contribution in [1.29, 1.82) is 0 Å². The normalized spacial score (nSPS) is 11.2. The van der Waals surface area contributed by atoms with Crippen molar-refractivity contribution >= 4 is 32.2 Å². The highest BCUT2D eigenvalue weighted by molar-refractivity contribution is 7.91. The number of aromatic nitrogens is 1. The van der Waals surface area contributed by atoms with Crippen LogP contribution >= 0.6 is 11.3 Å². The first kappa shape index (κ1) is 14.7. The first-order valence-electron chi connectivity index (χ1n) is 5.97. The minimum atomic E-state index is -3.42. The molecule has 2 rings (SSSR count). The van der Waals surface area contributed by atoms with Crippen LogP contribution in [0, 0.1) is 6.92 Å². The smallest absolute Gasteiger partial charge is 0.227 e. The van der Waals surface area contributed by atoms with E-state index in [1.807, 2.05) is 12.3 Å². The minimum Gasteiger partial charge on any atom is -0.302 e. The lowest BCUT2D eigenvalue weighted by Gasteiger charge is -2.04. The number of hydrogen-bond acceptors (Lipinski definition) is 5. The first-order valence-corrected chi connectivity index (χ1v) is 8.50. The molecule has 1 aromatic carbocycles. The second kappa shape index (κ2) is 6.15. The molecule has 1 amide bonds. The molecule has 7 heteroatoms. The first-order chi connectivity index (χ1) is 9.47. The zero-order valence-electron chi connectivity index (χ0n) is 10.9. The van der Waals surface area contributed by atoms with Crippen LogP contribution in [0.2, 0.25) is 0 Å². The summed E-state index contributed by atoms with van der Waals surface area (Å²) in [5.74, 6) is -0.563. The Labute approximate surface area is 121 Å². The molecule has 0 saturated carbocycles. The zero-order valence-corrected chi connectivity index (χ0v) is 12.5. The monoisotopic (exact) mass is 310 g/mol. The summed E-state index contributed by atoms with van der Waals surface area (Å²) in [5, 5.41) is 4.90. The highest BCUT2D eigenvalue weighted by atomic mass is 32.2. The Morgan fingerprint density at radius 1 is 1.30 bits per heavy atom. The van der Waals surface area contributed by atoms with Crippen molar-refractivity contribution in [2.24, 2.45) is 0 Å². The van der Waals surface area contributed by atoms with Gasteiger partial charge in [-0.2, -0.15) is 0 Å². The SMILES string of the molecule is Cc1csc(NC(=O)CCS(=O)(=O)c2ccccc2)n1. The summed E-state index contributed by atoms with van der Waals surface area (Å²) in [4.78, 5) is 16.0. The van der Waals surface area contributed by atoms with Crippen LogP contribution in [0.15, 0.2) is 40.6 Å². The molecule has 1 aromatic heterocycles. The number of thiazole rings is 1. The van der Waals surface area contributed by atoms with Crippen LogP contribution in [0.3, 0.4) is 0 Å². The highest BCUT2D eigenvalue weighted by Crippen LogP contribution is 2.15. The quantitative estimate of drug-likeness (QED) is 0.919. The van der Waals surface area contributed by atoms with Gasteiger partial charge in [-0.15, -0.1) is 11.3 Å². The van der Waals surface area contributed by atoms with E-state index in [0.717, 1.165) is 5.69 Å². The standard InChI is InChI=1S/C13H14N2O3S2/c1-10-9-19-13(14-10)15-12(16)7-8-20(17,18)11-5-3-2-4-6-11/h2-6,9H,7-8H2,1H3,(H,14,15,16). The number of anilines is 1. The maximum atomic E-state index is 12.0. The molecule has 5 nitrogen and oxygen atoms in total. The summed E-state index contributed by atoms with van der Waals surface area (Å²) in [5.41, 5.74) is 0.821. The van der Waals surface area contributed by atoms with E-state index in [9.17, 15) is 13.2 Å². The van der Waals surface area contributed by atoms with Crippen molar-refractivity contribution in [1.82, 2.24) is 4.98 Å². The highest BCUT2D eigenvalue weighted by Gasteiger charge is 2.16. The van der Waals surface area contributed by atoms with E-state index >= 15 is 0 Å². The number of carbonyl (C=O) groups is 1. The minimum absolute atomic E-state index is 0.0874. The van der Waals surface area contributed by atoms with Crippen LogP contribution in [0.5, 0.6) is 0 Å². The van der Waals surface area contributed by atoms with E-state index in [4.69, 9.17) is 0 Å². The van der Waals surface area contributed by atoms with E-state index in [0.29, 0.717) is 5.13 Å². The van der Waals surface area contributed by atoms with Crippen molar-refractivity contribution < 1.29 is 13.2 Å². The lowest BCUT2D eigenvalue weighted by molar-refractivity contribution is -0.115. The van der Waals surface area contributed by atoms with E-state index in [2.05, 4.69) is 10.3 Å². The number of amides is 1. The van der Waals surface area contributed by atoms with Gasteiger partial charge in [-0.1, -0.05) is 18.2 Å². The molecule has 0 atom stereocenters. The van der Waals surface area contributed by atoms with Crippen molar-refractivity contribution in [3.8, 4) is 0 Å². The molecule has 2 aromatic rings. The summed E-state index contributed by atoms with van der Waals surface area (Å²) in [6.07, 6.45) is -0.0874. The second-order valence-electron chi connectivity index (χ2n) is 4.22. The average molecular weight is 310 g/mol. The van der Waals surface area contributed by atoms with E-state index < -0.39 is 9.84 Å².